The Labute approximate surface area is 201 Å². The zero-order chi connectivity index (χ0) is 24.1. The molecule has 0 radical (unpaired) electrons. The first-order chi connectivity index (χ1) is 15.3. The normalized spacial score (nSPS) is 14.9. The lowest BCUT2D eigenvalue weighted by Gasteiger charge is -2.35. The zero-order valence-corrected chi connectivity index (χ0v) is 23.1. The lowest BCUT2D eigenvalue weighted by Crippen LogP contribution is -2.44. The van der Waals surface area contributed by atoms with Crippen LogP contribution in [0.25, 0.3) is 0 Å². The molecule has 0 aliphatic rings. The fourth-order valence-electron chi connectivity index (χ4n) is 4.54. The maximum Gasteiger partial charge on any atom is 0.385 e. The molecule has 0 heterocycles. The lowest BCUT2D eigenvalue weighted by atomic mass is 10.0. The van der Waals surface area contributed by atoms with Crippen LogP contribution in [0.15, 0.2) is 12.7 Å². The smallest absolute Gasteiger partial charge is 0.320 e. The van der Waals surface area contributed by atoms with Crippen molar-refractivity contribution in [3.05, 3.63) is 12.7 Å². The predicted molar refractivity (Wildman–Crippen MR) is 141 cm³/mol. The summed E-state index contributed by atoms with van der Waals surface area (Å²) in [5.41, 5.74) is 0. The molecule has 0 aliphatic heterocycles. The van der Waals surface area contributed by atoms with Crippen LogP contribution in [0.2, 0.25) is 0 Å². The number of rotatable bonds is 24. The highest BCUT2D eigenvalue weighted by Gasteiger charge is 2.41. The van der Waals surface area contributed by atoms with E-state index in [9.17, 15) is 9.46 Å². The van der Waals surface area contributed by atoms with E-state index in [2.05, 4.69) is 6.58 Å². The SMILES string of the molecule is C=CCCCCCCCCCCCCCCCCCCCOP(=O)(O)C(CC)[N+](C)(C)C. The first kappa shape index (κ1) is 31.9. The number of hydrogen-bond donors (Lipinski definition) is 1. The molecule has 5 heteroatoms. The van der Waals surface area contributed by atoms with Gasteiger partial charge in [0, 0.05) is 6.42 Å². The summed E-state index contributed by atoms with van der Waals surface area (Å²) in [7, 11) is 2.31. The molecule has 4 nitrogen and oxygen atoms in total. The van der Waals surface area contributed by atoms with Crippen LogP contribution in [0.3, 0.4) is 0 Å². The molecule has 0 aromatic rings. The zero-order valence-electron chi connectivity index (χ0n) is 22.2. The minimum Gasteiger partial charge on any atom is -0.320 e. The fraction of sp³-hybridized carbons (Fsp3) is 0.926. The van der Waals surface area contributed by atoms with Crippen LogP contribution in [0.1, 0.15) is 129 Å². The average molecular weight is 475 g/mol. The van der Waals surface area contributed by atoms with Gasteiger partial charge in [0.05, 0.1) is 27.7 Å². The Balaban J connectivity index is 3.38. The van der Waals surface area contributed by atoms with Crippen molar-refractivity contribution >= 4 is 7.60 Å². The molecule has 2 atom stereocenters. The third kappa shape index (κ3) is 18.3. The summed E-state index contributed by atoms with van der Waals surface area (Å²) < 4.78 is 18.4. The highest BCUT2D eigenvalue weighted by atomic mass is 31.2. The second-order valence-electron chi connectivity index (χ2n) is 10.5. The van der Waals surface area contributed by atoms with Gasteiger partial charge in [-0.3, -0.25) is 4.57 Å². The second kappa shape index (κ2) is 20.2. The molecular weight excluding hydrogens is 417 g/mol. The van der Waals surface area contributed by atoms with Gasteiger partial charge in [0.1, 0.15) is 0 Å². The highest BCUT2D eigenvalue weighted by molar-refractivity contribution is 7.53. The van der Waals surface area contributed by atoms with Crippen LogP contribution in [-0.4, -0.2) is 42.9 Å². The first-order valence-corrected chi connectivity index (χ1v) is 15.3. The summed E-state index contributed by atoms with van der Waals surface area (Å²) in [6, 6.07) is 0. The standard InChI is InChI=1S/C27H56NO3P/c1-6-8-9-10-11-12-13-14-15-16-17-18-19-20-21-22-23-24-25-26-31-32(29,30)27(7-2)28(3,4)5/h6,27H,1,7-26H2,2-5H3/p+1. The van der Waals surface area contributed by atoms with Gasteiger partial charge in [-0.15, -0.1) is 6.58 Å². The van der Waals surface area contributed by atoms with Gasteiger partial charge in [0.2, 0.25) is 0 Å². The van der Waals surface area contributed by atoms with E-state index >= 15 is 0 Å². The van der Waals surface area contributed by atoms with Crippen LogP contribution < -0.4 is 0 Å². The molecule has 32 heavy (non-hydrogen) atoms. The fourth-order valence-corrected chi connectivity index (χ4v) is 6.44. The molecule has 0 saturated heterocycles. The van der Waals surface area contributed by atoms with E-state index < -0.39 is 7.60 Å². The van der Waals surface area contributed by atoms with Crippen molar-refractivity contribution < 1.29 is 18.5 Å². The van der Waals surface area contributed by atoms with Crippen LogP contribution in [0.5, 0.6) is 0 Å². The summed E-state index contributed by atoms with van der Waals surface area (Å²) in [6.45, 7) is 6.13. The summed E-state index contributed by atoms with van der Waals surface area (Å²) >= 11 is 0. The average Bonchev–Trinajstić information content (AvgIpc) is 2.71. The number of allylic oxidation sites excluding steroid dienone is 1. The van der Waals surface area contributed by atoms with Gasteiger partial charge in [-0.1, -0.05) is 109 Å². The number of quaternary nitrogens is 1. The molecular formula is C27H57NO3P+. The predicted octanol–water partition coefficient (Wildman–Crippen LogP) is 8.84. The van der Waals surface area contributed by atoms with E-state index in [0.29, 0.717) is 17.5 Å². The van der Waals surface area contributed by atoms with Crippen LogP contribution >= 0.6 is 7.60 Å². The van der Waals surface area contributed by atoms with Crippen molar-refractivity contribution in [2.45, 2.75) is 135 Å². The molecule has 0 aromatic carbocycles. The molecule has 0 aromatic heterocycles. The first-order valence-electron chi connectivity index (χ1n) is 13.6. The monoisotopic (exact) mass is 474 g/mol. The summed E-state index contributed by atoms with van der Waals surface area (Å²) in [5, 5.41) is 0. The van der Waals surface area contributed by atoms with E-state index in [1.54, 1.807) is 0 Å². The summed E-state index contributed by atoms with van der Waals surface area (Å²) in [4.78, 5) is 10.3. The molecule has 0 saturated carbocycles. The third-order valence-corrected chi connectivity index (χ3v) is 8.83. The topological polar surface area (TPSA) is 46.5 Å². The molecule has 0 rings (SSSR count). The molecule has 0 spiro atoms. The minimum absolute atomic E-state index is 0.347. The maximum absolute atomic E-state index is 12.5. The van der Waals surface area contributed by atoms with Gasteiger partial charge in [-0.05, 0) is 19.3 Å². The summed E-state index contributed by atoms with van der Waals surface area (Å²) in [5.74, 6) is -0.347. The molecule has 0 amide bonds. The van der Waals surface area contributed by atoms with Crippen LogP contribution in [0, 0.1) is 0 Å². The van der Waals surface area contributed by atoms with Crippen molar-refractivity contribution in [3.8, 4) is 0 Å². The van der Waals surface area contributed by atoms with Crippen LogP contribution in [-0.2, 0) is 9.09 Å². The van der Waals surface area contributed by atoms with E-state index in [4.69, 9.17) is 4.52 Å². The van der Waals surface area contributed by atoms with Crippen molar-refractivity contribution in [2.75, 3.05) is 27.7 Å². The summed E-state index contributed by atoms with van der Waals surface area (Å²) in [6.07, 6.45) is 26.4. The quantitative estimate of drug-likeness (QED) is 0.0657. The number of nitrogens with zero attached hydrogens (tertiary/aromatic N) is 1. The van der Waals surface area contributed by atoms with Crippen molar-refractivity contribution in [2.24, 2.45) is 0 Å². The number of unbranched alkanes of at least 4 members (excludes halogenated alkanes) is 17. The Morgan fingerprint density at radius 3 is 1.41 bits per heavy atom. The van der Waals surface area contributed by atoms with E-state index in [1.807, 2.05) is 34.1 Å². The minimum atomic E-state index is -3.55. The van der Waals surface area contributed by atoms with Gasteiger partial charge < -0.3 is 13.9 Å². The van der Waals surface area contributed by atoms with Gasteiger partial charge in [0.25, 0.3) is 0 Å². The Hall–Kier alpha value is -0.150. The molecule has 192 valence electrons. The Morgan fingerprint density at radius 2 is 1.09 bits per heavy atom. The van der Waals surface area contributed by atoms with Crippen molar-refractivity contribution in [1.29, 1.82) is 0 Å². The maximum atomic E-state index is 12.5. The molecule has 0 bridgehead atoms. The van der Waals surface area contributed by atoms with E-state index in [0.717, 1.165) is 12.8 Å². The largest absolute Gasteiger partial charge is 0.385 e. The van der Waals surface area contributed by atoms with Gasteiger partial charge in [-0.2, -0.15) is 0 Å². The molecule has 1 N–H and O–H groups in total. The second-order valence-corrected chi connectivity index (χ2v) is 12.5. The molecule has 0 aliphatic carbocycles. The Kier molecular flexibility index (Phi) is 20.1. The highest BCUT2D eigenvalue weighted by Crippen LogP contribution is 2.51. The Morgan fingerprint density at radius 1 is 0.750 bits per heavy atom. The van der Waals surface area contributed by atoms with Crippen molar-refractivity contribution in [1.82, 2.24) is 0 Å². The third-order valence-electron chi connectivity index (χ3n) is 6.46. The Bertz CT molecular complexity index is 476. The van der Waals surface area contributed by atoms with Gasteiger partial charge in [0.15, 0.2) is 5.78 Å². The van der Waals surface area contributed by atoms with Crippen LogP contribution in [0.4, 0.5) is 0 Å². The van der Waals surface area contributed by atoms with Gasteiger partial charge in [-0.25, -0.2) is 0 Å². The van der Waals surface area contributed by atoms with E-state index in [1.165, 1.54) is 103 Å². The molecule has 0 fully saturated rings. The van der Waals surface area contributed by atoms with Gasteiger partial charge >= 0.3 is 7.60 Å². The molecule has 2 unspecified atom stereocenters. The lowest BCUT2D eigenvalue weighted by molar-refractivity contribution is -0.883. The number of hydrogen-bond acceptors (Lipinski definition) is 2. The van der Waals surface area contributed by atoms with Crippen molar-refractivity contribution in [3.63, 3.8) is 0 Å². The van der Waals surface area contributed by atoms with E-state index in [-0.39, 0.29) is 5.78 Å².